The standard InChI is InChI=1S/C15H20Cl2N2O3/c1-4-22-14(20)6-5-9-19(15(21)18(2)3)11-7-8-12(16)13(17)10-11/h7-8,10H,4-6,9H2,1-3H3. The van der Waals surface area contributed by atoms with E-state index in [1.807, 2.05) is 0 Å². The Morgan fingerprint density at radius 3 is 2.41 bits per heavy atom. The predicted octanol–water partition coefficient (Wildman–Crippen LogP) is 3.82. The van der Waals surface area contributed by atoms with Crippen molar-refractivity contribution in [1.82, 2.24) is 4.90 Å². The summed E-state index contributed by atoms with van der Waals surface area (Å²) in [5.41, 5.74) is 0.636. The molecule has 0 atom stereocenters. The van der Waals surface area contributed by atoms with Crippen molar-refractivity contribution >= 4 is 40.9 Å². The molecule has 122 valence electrons. The van der Waals surface area contributed by atoms with Crippen molar-refractivity contribution in [1.29, 1.82) is 0 Å². The monoisotopic (exact) mass is 346 g/mol. The lowest BCUT2D eigenvalue weighted by atomic mass is 10.2. The first kappa shape index (κ1) is 18.6. The minimum atomic E-state index is -0.270. The maximum Gasteiger partial charge on any atom is 0.323 e. The van der Waals surface area contributed by atoms with Crippen molar-refractivity contribution in [2.24, 2.45) is 0 Å². The highest BCUT2D eigenvalue weighted by Crippen LogP contribution is 2.27. The number of anilines is 1. The van der Waals surface area contributed by atoms with Crippen LogP contribution in [0.25, 0.3) is 0 Å². The van der Waals surface area contributed by atoms with Crippen LogP contribution in [-0.2, 0) is 9.53 Å². The number of rotatable bonds is 6. The van der Waals surface area contributed by atoms with Crippen LogP contribution in [0.2, 0.25) is 10.0 Å². The van der Waals surface area contributed by atoms with Crippen LogP contribution < -0.4 is 4.90 Å². The van der Waals surface area contributed by atoms with E-state index in [1.54, 1.807) is 44.1 Å². The highest BCUT2D eigenvalue weighted by atomic mass is 35.5. The van der Waals surface area contributed by atoms with Crippen molar-refractivity contribution in [3.63, 3.8) is 0 Å². The Bertz CT molecular complexity index is 536. The van der Waals surface area contributed by atoms with Gasteiger partial charge in [0.2, 0.25) is 0 Å². The molecule has 22 heavy (non-hydrogen) atoms. The van der Waals surface area contributed by atoms with E-state index in [0.717, 1.165) is 0 Å². The van der Waals surface area contributed by atoms with Gasteiger partial charge in [-0.1, -0.05) is 23.2 Å². The van der Waals surface area contributed by atoms with Gasteiger partial charge >= 0.3 is 12.0 Å². The van der Waals surface area contributed by atoms with E-state index in [4.69, 9.17) is 27.9 Å². The third-order valence-electron chi connectivity index (χ3n) is 2.90. The Labute approximate surface area is 140 Å². The molecule has 0 aliphatic rings. The Morgan fingerprint density at radius 2 is 1.86 bits per heavy atom. The van der Waals surface area contributed by atoms with Crippen molar-refractivity contribution < 1.29 is 14.3 Å². The number of ether oxygens (including phenoxy) is 1. The highest BCUT2D eigenvalue weighted by molar-refractivity contribution is 6.42. The van der Waals surface area contributed by atoms with Gasteiger partial charge in [-0.3, -0.25) is 9.69 Å². The minimum Gasteiger partial charge on any atom is -0.466 e. The third kappa shape index (κ3) is 5.39. The van der Waals surface area contributed by atoms with E-state index in [9.17, 15) is 9.59 Å². The highest BCUT2D eigenvalue weighted by Gasteiger charge is 2.18. The summed E-state index contributed by atoms with van der Waals surface area (Å²) in [5.74, 6) is -0.270. The summed E-state index contributed by atoms with van der Waals surface area (Å²) in [6.45, 7) is 2.50. The topological polar surface area (TPSA) is 49.9 Å². The van der Waals surface area contributed by atoms with Crippen LogP contribution >= 0.6 is 23.2 Å². The molecule has 1 aromatic carbocycles. The Kier molecular flexibility index (Phi) is 7.48. The molecule has 0 bridgehead atoms. The van der Waals surface area contributed by atoms with Gasteiger partial charge in [-0.25, -0.2) is 4.79 Å². The Balaban J connectivity index is 2.82. The fourth-order valence-electron chi connectivity index (χ4n) is 1.84. The number of hydrogen-bond acceptors (Lipinski definition) is 3. The van der Waals surface area contributed by atoms with Gasteiger partial charge in [0.1, 0.15) is 0 Å². The lowest BCUT2D eigenvalue weighted by Gasteiger charge is -2.26. The second-order valence-electron chi connectivity index (χ2n) is 4.84. The van der Waals surface area contributed by atoms with Crippen molar-refractivity contribution in [3.05, 3.63) is 28.2 Å². The average molecular weight is 347 g/mol. The van der Waals surface area contributed by atoms with Crippen LogP contribution in [-0.4, -0.2) is 44.1 Å². The summed E-state index contributed by atoms with van der Waals surface area (Å²) < 4.78 is 4.88. The molecule has 0 fully saturated rings. The van der Waals surface area contributed by atoms with Gasteiger partial charge in [0.15, 0.2) is 0 Å². The summed E-state index contributed by atoms with van der Waals surface area (Å²) in [4.78, 5) is 26.7. The Hall–Kier alpha value is -1.46. The first-order chi connectivity index (χ1) is 10.4. The van der Waals surface area contributed by atoms with E-state index in [0.29, 0.717) is 35.3 Å². The minimum absolute atomic E-state index is 0.192. The molecular formula is C15H20Cl2N2O3. The molecule has 0 N–H and O–H groups in total. The van der Waals surface area contributed by atoms with E-state index >= 15 is 0 Å². The van der Waals surface area contributed by atoms with Gasteiger partial charge in [-0.05, 0) is 31.5 Å². The van der Waals surface area contributed by atoms with Crippen molar-refractivity contribution in [2.45, 2.75) is 19.8 Å². The fourth-order valence-corrected chi connectivity index (χ4v) is 2.14. The molecule has 0 aromatic heterocycles. The van der Waals surface area contributed by atoms with Crippen LogP contribution in [0, 0.1) is 0 Å². The summed E-state index contributed by atoms with van der Waals surface area (Å²) in [6, 6.07) is 4.80. The van der Waals surface area contributed by atoms with Gasteiger partial charge in [0.25, 0.3) is 0 Å². The normalized spacial score (nSPS) is 10.2. The maximum absolute atomic E-state index is 12.3. The molecule has 0 aliphatic heterocycles. The van der Waals surface area contributed by atoms with Crippen LogP contribution in [0.1, 0.15) is 19.8 Å². The number of carbonyl (C=O) groups is 2. The molecule has 0 saturated heterocycles. The first-order valence-electron chi connectivity index (χ1n) is 6.96. The van der Waals surface area contributed by atoms with E-state index < -0.39 is 0 Å². The molecule has 0 radical (unpaired) electrons. The number of carbonyl (C=O) groups excluding carboxylic acids is 2. The molecule has 5 nitrogen and oxygen atoms in total. The zero-order valence-corrected chi connectivity index (χ0v) is 14.4. The molecule has 0 spiro atoms. The van der Waals surface area contributed by atoms with Crippen LogP contribution in [0.3, 0.4) is 0 Å². The quantitative estimate of drug-likeness (QED) is 0.735. The van der Waals surface area contributed by atoms with Gasteiger partial charge < -0.3 is 9.64 Å². The lowest BCUT2D eigenvalue weighted by molar-refractivity contribution is -0.143. The molecule has 7 heteroatoms. The maximum atomic E-state index is 12.3. The number of amides is 2. The van der Waals surface area contributed by atoms with Gasteiger partial charge in [-0.2, -0.15) is 0 Å². The van der Waals surface area contributed by atoms with E-state index in [2.05, 4.69) is 0 Å². The summed E-state index contributed by atoms with van der Waals surface area (Å²) in [6.07, 6.45) is 0.755. The molecule has 0 unspecified atom stereocenters. The predicted molar refractivity (Wildman–Crippen MR) is 88.8 cm³/mol. The fraction of sp³-hybridized carbons (Fsp3) is 0.467. The third-order valence-corrected chi connectivity index (χ3v) is 3.64. The second kappa shape index (κ2) is 8.86. The molecule has 1 rings (SSSR count). The van der Waals surface area contributed by atoms with Gasteiger partial charge in [0, 0.05) is 32.7 Å². The van der Waals surface area contributed by atoms with Gasteiger partial charge in [0.05, 0.1) is 16.7 Å². The SMILES string of the molecule is CCOC(=O)CCCN(C(=O)N(C)C)c1ccc(Cl)c(Cl)c1. The molecular weight excluding hydrogens is 327 g/mol. The molecule has 0 aliphatic carbocycles. The van der Waals surface area contributed by atoms with Crippen molar-refractivity contribution in [3.8, 4) is 0 Å². The summed E-state index contributed by atoms with van der Waals surface area (Å²) in [5, 5.41) is 0.801. The molecule has 1 aromatic rings. The van der Waals surface area contributed by atoms with Crippen LogP contribution in [0.15, 0.2) is 18.2 Å². The number of benzene rings is 1. The summed E-state index contributed by atoms with van der Waals surface area (Å²) >= 11 is 11.9. The Morgan fingerprint density at radius 1 is 1.18 bits per heavy atom. The number of halogens is 2. The van der Waals surface area contributed by atoms with E-state index in [-0.39, 0.29) is 18.4 Å². The van der Waals surface area contributed by atoms with E-state index in [1.165, 1.54) is 4.90 Å². The molecule has 0 saturated carbocycles. The largest absolute Gasteiger partial charge is 0.466 e. The number of hydrogen-bond donors (Lipinski definition) is 0. The molecule has 2 amide bonds. The molecule has 0 heterocycles. The van der Waals surface area contributed by atoms with Gasteiger partial charge in [-0.15, -0.1) is 0 Å². The number of nitrogens with zero attached hydrogens (tertiary/aromatic N) is 2. The second-order valence-corrected chi connectivity index (χ2v) is 5.65. The zero-order valence-electron chi connectivity index (χ0n) is 12.9. The number of urea groups is 1. The smallest absolute Gasteiger partial charge is 0.323 e. The number of esters is 1. The van der Waals surface area contributed by atoms with Crippen molar-refractivity contribution in [2.75, 3.05) is 32.1 Å². The first-order valence-corrected chi connectivity index (χ1v) is 7.72. The zero-order chi connectivity index (χ0) is 16.7. The van der Waals surface area contributed by atoms with Crippen LogP contribution in [0.4, 0.5) is 10.5 Å². The lowest BCUT2D eigenvalue weighted by Crippen LogP contribution is -2.40. The van der Waals surface area contributed by atoms with Crippen LogP contribution in [0.5, 0.6) is 0 Å². The average Bonchev–Trinajstić information content (AvgIpc) is 2.46. The summed E-state index contributed by atoms with van der Waals surface area (Å²) in [7, 11) is 3.33.